The SMILES string of the molecule is FC(F)(F)c1ccc(Cl)c(N2CCC3(CC2)NCCc2c3[nH]c3ccccc23)c1. The summed E-state index contributed by atoms with van der Waals surface area (Å²) in [7, 11) is 0. The Morgan fingerprint density at radius 1 is 1.03 bits per heavy atom. The number of aromatic nitrogens is 1. The molecule has 0 saturated carbocycles. The molecule has 3 nitrogen and oxygen atoms in total. The number of benzene rings is 2. The second-order valence-corrected chi connectivity index (χ2v) is 8.34. The van der Waals surface area contributed by atoms with E-state index in [1.54, 1.807) is 0 Å². The topological polar surface area (TPSA) is 31.1 Å². The maximum Gasteiger partial charge on any atom is 0.416 e. The molecular weight excluding hydrogens is 399 g/mol. The van der Waals surface area contributed by atoms with Crippen molar-refractivity contribution >= 4 is 28.2 Å². The van der Waals surface area contributed by atoms with Crippen molar-refractivity contribution in [1.82, 2.24) is 10.3 Å². The summed E-state index contributed by atoms with van der Waals surface area (Å²) < 4.78 is 39.4. The lowest BCUT2D eigenvalue weighted by molar-refractivity contribution is -0.137. The van der Waals surface area contributed by atoms with Gasteiger partial charge in [-0.05, 0) is 49.1 Å². The van der Waals surface area contributed by atoms with E-state index in [9.17, 15) is 13.2 Å². The molecule has 5 rings (SSSR count). The summed E-state index contributed by atoms with van der Waals surface area (Å²) in [5.74, 6) is 0. The van der Waals surface area contributed by atoms with Crippen molar-refractivity contribution in [3.05, 3.63) is 64.3 Å². The molecule has 3 aromatic rings. The number of alkyl halides is 3. The van der Waals surface area contributed by atoms with E-state index in [0.717, 1.165) is 37.4 Å². The Morgan fingerprint density at radius 2 is 1.79 bits per heavy atom. The van der Waals surface area contributed by atoms with Crippen molar-refractivity contribution in [3.8, 4) is 0 Å². The molecule has 1 aromatic heterocycles. The lowest BCUT2D eigenvalue weighted by Crippen LogP contribution is -2.54. The Kier molecular flexibility index (Phi) is 4.33. The highest BCUT2D eigenvalue weighted by Gasteiger charge is 2.41. The van der Waals surface area contributed by atoms with Crippen LogP contribution in [0.2, 0.25) is 5.02 Å². The lowest BCUT2D eigenvalue weighted by Gasteiger charge is -2.45. The second-order valence-electron chi connectivity index (χ2n) is 7.93. The van der Waals surface area contributed by atoms with Gasteiger partial charge in [0.05, 0.1) is 21.8 Å². The Hall–Kier alpha value is -2.18. The first-order chi connectivity index (χ1) is 13.9. The van der Waals surface area contributed by atoms with E-state index < -0.39 is 11.7 Å². The molecule has 2 aromatic carbocycles. The molecule has 2 aliphatic heterocycles. The molecule has 152 valence electrons. The van der Waals surface area contributed by atoms with E-state index in [0.29, 0.717) is 23.8 Å². The van der Waals surface area contributed by atoms with Crippen LogP contribution in [0, 0.1) is 0 Å². The number of hydrogen-bond donors (Lipinski definition) is 2. The second kappa shape index (κ2) is 6.67. The van der Waals surface area contributed by atoms with Gasteiger partial charge in [0, 0.05) is 36.2 Å². The molecule has 0 radical (unpaired) electrons. The molecule has 1 spiro atoms. The summed E-state index contributed by atoms with van der Waals surface area (Å²) >= 11 is 6.26. The third-order valence-corrected chi connectivity index (χ3v) is 6.68. The summed E-state index contributed by atoms with van der Waals surface area (Å²) in [4.78, 5) is 5.59. The van der Waals surface area contributed by atoms with Crippen LogP contribution in [0.1, 0.15) is 29.7 Å². The largest absolute Gasteiger partial charge is 0.416 e. The number of aromatic amines is 1. The van der Waals surface area contributed by atoms with E-state index >= 15 is 0 Å². The summed E-state index contributed by atoms with van der Waals surface area (Å²) in [6.07, 6.45) is -1.79. The van der Waals surface area contributed by atoms with Gasteiger partial charge in [-0.3, -0.25) is 0 Å². The Labute approximate surface area is 171 Å². The minimum absolute atomic E-state index is 0.169. The molecule has 0 unspecified atom stereocenters. The standard InChI is InChI=1S/C22H21ClF3N3/c23-17-6-5-14(22(24,25)26)13-19(17)29-11-8-21(9-12-29)20-16(7-10-27-21)15-3-1-2-4-18(15)28-20/h1-6,13,27-28H,7-12H2. The summed E-state index contributed by atoms with van der Waals surface area (Å²) in [6.45, 7) is 2.19. The molecule has 0 amide bonds. The van der Waals surface area contributed by atoms with Gasteiger partial charge in [0.15, 0.2) is 0 Å². The molecular formula is C22H21ClF3N3. The number of fused-ring (bicyclic) bond motifs is 4. The maximum atomic E-state index is 13.1. The monoisotopic (exact) mass is 419 g/mol. The zero-order valence-electron chi connectivity index (χ0n) is 15.7. The molecule has 0 aliphatic carbocycles. The number of hydrogen-bond acceptors (Lipinski definition) is 2. The van der Waals surface area contributed by atoms with Crippen molar-refractivity contribution in [2.45, 2.75) is 31.0 Å². The fraction of sp³-hybridized carbons (Fsp3) is 0.364. The molecule has 2 N–H and O–H groups in total. The highest BCUT2D eigenvalue weighted by molar-refractivity contribution is 6.33. The Balaban J connectivity index is 1.45. The summed E-state index contributed by atoms with van der Waals surface area (Å²) in [5.41, 5.74) is 3.38. The van der Waals surface area contributed by atoms with E-state index in [-0.39, 0.29) is 5.54 Å². The first kappa shape index (κ1) is 18.8. The van der Waals surface area contributed by atoms with Crippen LogP contribution in [0.5, 0.6) is 0 Å². The van der Waals surface area contributed by atoms with E-state index in [1.165, 1.54) is 28.8 Å². The van der Waals surface area contributed by atoms with Crippen LogP contribution in [0.25, 0.3) is 10.9 Å². The van der Waals surface area contributed by atoms with Crippen molar-refractivity contribution in [1.29, 1.82) is 0 Å². The molecule has 1 saturated heterocycles. The van der Waals surface area contributed by atoms with Crippen LogP contribution in [0.3, 0.4) is 0 Å². The van der Waals surface area contributed by atoms with Crippen LogP contribution in [0.15, 0.2) is 42.5 Å². The zero-order valence-corrected chi connectivity index (χ0v) is 16.5. The van der Waals surface area contributed by atoms with Gasteiger partial charge in [-0.15, -0.1) is 0 Å². The normalized spacial score (nSPS) is 19.0. The van der Waals surface area contributed by atoms with Crippen molar-refractivity contribution < 1.29 is 13.2 Å². The lowest BCUT2D eigenvalue weighted by atomic mass is 9.79. The van der Waals surface area contributed by atoms with E-state index in [2.05, 4.69) is 28.5 Å². The fourth-order valence-corrected chi connectivity index (χ4v) is 5.11. The van der Waals surface area contributed by atoms with Gasteiger partial charge in [-0.25, -0.2) is 0 Å². The van der Waals surface area contributed by atoms with E-state index in [1.807, 2.05) is 11.0 Å². The summed E-state index contributed by atoms with van der Waals surface area (Å²) in [5, 5.41) is 5.33. The number of H-pyrrole nitrogens is 1. The van der Waals surface area contributed by atoms with Gasteiger partial charge in [0.2, 0.25) is 0 Å². The summed E-state index contributed by atoms with van der Waals surface area (Å²) in [6, 6.07) is 11.9. The average molecular weight is 420 g/mol. The van der Waals surface area contributed by atoms with Crippen molar-refractivity contribution in [2.75, 3.05) is 24.5 Å². The molecule has 29 heavy (non-hydrogen) atoms. The number of anilines is 1. The number of nitrogens with zero attached hydrogens (tertiary/aromatic N) is 1. The van der Waals surface area contributed by atoms with Crippen LogP contribution in [-0.2, 0) is 18.1 Å². The fourth-order valence-electron chi connectivity index (χ4n) is 4.87. The smallest absolute Gasteiger partial charge is 0.370 e. The first-order valence-electron chi connectivity index (χ1n) is 9.84. The van der Waals surface area contributed by atoms with Crippen LogP contribution < -0.4 is 10.2 Å². The molecule has 3 heterocycles. The van der Waals surface area contributed by atoms with Gasteiger partial charge in [-0.1, -0.05) is 29.8 Å². The van der Waals surface area contributed by atoms with Gasteiger partial charge in [0.1, 0.15) is 0 Å². The van der Waals surface area contributed by atoms with Crippen LogP contribution in [-0.4, -0.2) is 24.6 Å². The molecule has 1 fully saturated rings. The van der Waals surface area contributed by atoms with Gasteiger partial charge in [-0.2, -0.15) is 13.2 Å². The minimum atomic E-state index is -4.37. The number of nitrogens with one attached hydrogen (secondary N) is 2. The van der Waals surface area contributed by atoms with Crippen molar-refractivity contribution in [3.63, 3.8) is 0 Å². The number of halogens is 4. The minimum Gasteiger partial charge on any atom is -0.370 e. The molecule has 2 aliphatic rings. The highest BCUT2D eigenvalue weighted by atomic mass is 35.5. The molecule has 0 atom stereocenters. The third kappa shape index (κ3) is 3.09. The quantitative estimate of drug-likeness (QED) is 0.547. The number of rotatable bonds is 1. The van der Waals surface area contributed by atoms with Gasteiger partial charge < -0.3 is 15.2 Å². The van der Waals surface area contributed by atoms with Crippen molar-refractivity contribution in [2.24, 2.45) is 0 Å². The third-order valence-electron chi connectivity index (χ3n) is 6.36. The maximum absolute atomic E-state index is 13.1. The number of para-hydroxylation sites is 1. The van der Waals surface area contributed by atoms with Gasteiger partial charge >= 0.3 is 6.18 Å². The van der Waals surface area contributed by atoms with Gasteiger partial charge in [0.25, 0.3) is 0 Å². The zero-order chi connectivity index (χ0) is 20.2. The van der Waals surface area contributed by atoms with Crippen LogP contribution in [0.4, 0.5) is 18.9 Å². The predicted molar refractivity (Wildman–Crippen MR) is 110 cm³/mol. The molecule has 7 heteroatoms. The number of piperidine rings is 1. The average Bonchev–Trinajstić information content (AvgIpc) is 3.09. The Morgan fingerprint density at radius 3 is 2.55 bits per heavy atom. The van der Waals surface area contributed by atoms with E-state index in [4.69, 9.17) is 11.6 Å². The molecule has 0 bridgehead atoms. The predicted octanol–water partition coefficient (Wildman–Crippen LogP) is 5.48. The first-order valence-corrected chi connectivity index (χ1v) is 10.2. The van der Waals surface area contributed by atoms with Crippen LogP contribution >= 0.6 is 11.6 Å². The highest BCUT2D eigenvalue weighted by Crippen LogP contribution is 2.42. The Bertz CT molecular complexity index is 1060.